The fourth-order valence-electron chi connectivity index (χ4n) is 6.82. The van der Waals surface area contributed by atoms with Crippen molar-refractivity contribution >= 4 is 11.8 Å². The molecule has 0 aromatic rings. The number of rotatable bonds is 5. The van der Waals surface area contributed by atoms with Crippen LogP contribution in [-0.2, 0) is 9.59 Å². The minimum absolute atomic E-state index is 0.000522. The van der Waals surface area contributed by atoms with Crippen LogP contribution in [0.1, 0.15) is 51.9 Å². The van der Waals surface area contributed by atoms with Gasteiger partial charge in [0.25, 0.3) is 0 Å². The molecule has 2 saturated carbocycles. The third-order valence-electron chi connectivity index (χ3n) is 9.19. The number of hydrogen-bond donors (Lipinski definition) is 4. The van der Waals surface area contributed by atoms with Gasteiger partial charge in [0, 0.05) is 38.1 Å². The number of carbonyl (C=O) groups is 2. The van der Waals surface area contributed by atoms with Crippen molar-refractivity contribution < 1.29 is 19.1 Å². The Morgan fingerprint density at radius 2 is 1.94 bits per heavy atom. The number of alkyl halides is 1. The number of carbonyl (C=O) groups excluding carboxylic acids is 2. The summed E-state index contributed by atoms with van der Waals surface area (Å²) in [6, 6.07) is -0.396. The molecule has 9 heteroatoms. The Morgan fingerprint density at radius 1 is 1.16 bits per heavy atom. The first-order chi connectivity index (χ1) is 15.4. The quantitative estimate of drug-likeness (QED) is 0.476. The van der Waals surface area contributed by atoms with E-state index in [0.717, 1.165) is 32.1 Å². The van der Waals surface area contributed by atoms with Crippen LogP contribution in [0.4, 0.5) is 4.39 Å². The lowest BCUT2D eigenvalue weighted by Crippen LogP contribution is -2.56. The van der Waals surface area contributed by atoms with Crippen LogP contribution in [0.5, 0.6) is 0 Å². The summed E-state index contributed by atoms with van der Waals surface area (Å²) in [5.74, 6) is 0.810. The molecule has 3 aliphatic heterocycles. The van der Waals surface area contributed by atoms with Crippen LogP contribution in [0.3, 0.4) is 0 Å². The van der Waals surface area contributed by atoms with Crippen molar-refractivity contribution in [2.24, 2.45) is 17.8 Å². The number of aliphatic hydroxyl groups excluding tert-OH is 1. The molecule has 180 valence electrons. The van der Waals surface area contributed by atoms with Crippen molar-refractivity contribution in [1.29, 1.82) is 0 Å². The molecule has 8 nitrogen and oxygen atoms in total. The van der Waals surface area contributed by atoms with Crippen molar-refractivity contribution in [2.45, 2.75) is 87.7 Å². The Bertz CT molecular complexity index is 749. The standard InChI is InChI=1S/C23H38FN5O3/c1-3-13-8-14(24)9-18-15(13)10-19(25-18)21(31)29-7-4-17-16(11-29)20(27-26-17)22(32)28(2)23(12-30)5-6-23/h13-20,25-27,30H,3-12H2,1-2H3. The topological polar surface area (TPSA) is 96.9 Å². The minimum atomic E-state index is -0.772. The normalized spacial score (nSPS) is 42.3. The summed E-state index contributed by atoms with van der Waals surface area (Å²) in [5.41, 5.74) is 6.03. The molecule has 5 rings (SSSR count). The molecule has 2 aliphatic carbocycles. The highest BCUT2D eigenvalue weighted by atomic mass is 19.1. The average molecular weight is 452 g/mol. The van der Waals surface area contributed by atoms with Crippen molar-refractivity contribution in [3.63, 3.8) is 0 Å². The van der Waals surface area contributed by atoms with Crippen LogP contribution < -0.4 is 16.2 Å². The zero-order chi connectivity index (χ0) is 22.6. The zero-order valence-corrected chi connectivity index (χ0v) is 19.2. The van der Waals surface area contributed by atoms with Crippen molar-refractivity contribution in [3.8, 4) is 0 Å². The van der Waals surface area contributed by atoms with E-state index in [0.29, 0.717) is 37.8 Å². The van der Waals surface area contributed by atoms with Gasteiger partial charge in [0.1, 0.15) is 12.2 Å². The fraction of sp³-hybridized carbons (Fsp3) is 0.913. The van der Waals surface area contributed by atoms with Crippen LogP contribution in [0, 0.1) is 17.8 Å². The van der Waals surface area contributed by atoms with Gasteiger partial charge < -0.3 is 20.2 Å². The number of likely N-dealkylation sites (N-methyl/N-ethyl adjacent to an activating group) is 1. The average Bonchev–Trinajstić information content (AvgIpc) is 3.30. The van der Waals surface area contributed by atoms with E-state index in [-0.39, 0.29) is 42.5 Å². The number of piperidine rings is 1. The lowest BCUT2D eigenvalue weighted by molar-refractivity contribution is -0.140. The molecule has 8 atom stereocenters. The summed E-state index contributed by atoms with van der Waals surface area (Å²) >= 11 is 0. The predicted molar refractivity (Wildman–Crippen MR) is 117 cm³/mol. The highest BCUT2D eigenvalue weighted by Gasteiger charge is 2.53. The lowest BCUT2D eigenvalue weighted by atomic mass is 9.74. The smallest absolute Gasteiger partial charge is 0.241 e. The number of nitrogens with one attached hydrogen (secondary N) is 3. The minimum Gasteiger partial charge on any atom is -0.394 e. The van der Waals surface area contributed by atoms with Gasteiger partial charge in [-0.15, -0.1) is 0 Å². The van der Waals surface area contributed by atoms with Gasteiger partial charge in [-0.1, -0.05) is 13.3 Å². The Kier molecular flexibility index (Phi) is 5.97. The Hall–Kier alpha value is -1.29. The molecule has 5 aliphatic rings. The first-order valence-electron chi connectivity index (χ1n) is 12.5. The van der Waals surface area contributed by atoms with Gasteiger partial charge in [-0.05, 0) is 50.4 Å². The Balaban J connectivity index is 1.23. The van der Waals surface area contributed by atoms with E-state index < -0.39 is 17.8 Å². The maximum absolute atomic E-state index is 14.2. The first-order valence-corrected chi connectivity index (χ1v) is 12.5. The first kappa shape index (κ1) is 22.5. The molecule has 3 heterocycles. The largest absolute Gasteiger partial charge is 0.394 e. The molecule has 3 saturated heterocycles. The number of fused-ring (bicyclic) bond motifs is 2. The summed E-state index contributed by atoms with van der Waals surface area (Å²) in [4.78, 5) is 30.3. The number of likely N-dealkylation sites (tertiary alicyclic amines) is 1. The maximum atomic E-state index is 14.2. The molecule has 0 bridgehead atoms. The van der Waals surface area contributed by atoms with Gasteiger partial charge in [0.15, 0.2) is 0 Å². The van der Waals surface area contributed by atoms with E-state index in [1.54, 1.807) is 11.9 Å². The van der Waals surface area contributed by atoms with Crippen molar-refractivity contribution in [1.82, 2.24) is 26.0 Å². The highest BCUT2D eigenvalue weighted by Crippen LogP contribution is 2.42. The summed E-state index contributed by atoms with van der Waals surface area (Å²) in [6.45, 7) is 3.32. The summed E-state index contributed by atoms with van der Waals surface area (Å²) in [5, 5.41) is 13.2. The molecule has 32 heavy (non-hydrogen) atoms. The van der Waals surface area contributed by atoms with Gasteiger partial charge in [0.05, 0.1) is 18.2 Å². The van der Waals surface area contributed by atoms with Gasteiger partial charge in [-0.25, -0.2) is 9.82 Å². The third kappa shape index (κ3) is 3.75. The van der Waals surface area contributed by atoms with E-state index in [4.69, 9.17) is 0 Å². The molecule has 0 aromatic heterocycles. The predicted octanol–water partition coefficient (Wildman–Crippen LogP) is 0.168. The van der Waals surface area contributed by atoms with Crippen LogP contribution >= 0.6 is 0 Å². The molecular weight excluding hydrogens is 413 g/mol. The SMILES string of the molecule is CCC1CC(F)CC2NC(C(=O)N3CCC4NNC(C(=O)N(C)C5(CO)CC5)C4C3)CC12. The molecule has 2 amide bonds. The van der Waals surface area contributed by atoms with E-state index in [1.165, 1.54) is 0 Å². The molecule has 0 spiro atoms. The van der Waals surface area contributed by atoms with Crippen LogP contribution in [-0.4, -0.2) is 89.3 Å². The van der Waals surface area contributed by atoms with Gasteiger partial charge in [-0.3, -0.25) is 15.0 Å². The van der Waals surface area contributed by atoms with Crippen molar-refractivity contribution in [3.05, 3.63) is 0 Å². The summed E-state index contributed by atoms with van der Waals surface area (Å²) < 4.78 is 14.2. The van der Waals surface area contributed by atoms with Crippen LogP contribution in [0.2, 0.25) is 0 Å². The second kappa shape index (κ2) is 8.49. The zero-order valence-electron chi connectivity index (χ0n) is 19.2. The molecule has 5 fully saturated rings. The monoisotopic (exact) mass is 451 g/mol. The summed E-state index contributed by atoms with van der Waals surface area (Å²) in [7, 11) is 1.78. The molecule has 4 N–H and O–H groups in total. The Morgan fingerprint density at radius 3 is 2.62 bits per heavy atom. The number of amides is 2. The number of halogens is 1. The highest BCUT2D eigenvalue weighted by molar-refractivity contribution is 5.85. The maximum Gasteiger partial charge on any atom is 0.241 e. The number of aliphatic hydroxyl groups is 1. The second-order valence-electron chi connectivity index (χ2n) is 10.9. The van der Waals surface area contributed by atoms with Crippen LogP contribution in [0.15, 0.2) is 0 Å². The van der Waals surface area contributed by atoms with Gasteiger partial charge in [-0.2, -0.15) is 0 Å². The van der Waals surface area contributed by atoms with Crippen LogP contribution in [0.25, 0.3) is 0 Å². The van der Waals surface area contributed by atoms with Gasteiger partial charge >= 0.3 is 0 Å². The summed E-state index contributed by atoms with van der Waals surface area (Å²) in [6.07, 6.45) is 4.58. The number of hydrazine groups is 1. The number of hydrogen-bond acceptors (Lipinski definition) is 6. The van der Waals surface area contributed by atoms with Crippen molar-refractivity contribution in [2.75, 3.05) is 26.7 Å². The van der Waals surface area contributed by atoms with E-state index >= 15 is 0 Å². The van der Waals surface area contributed by atoms with Gasteiger partial charge in [0.2, 0.25) is 11.8 Å². The number of nitrogens with zero attached hydrogens (tertiary/aromatic N) is 2. The molecule has 8 unspecified atom stereocenters. The second-order valence-corrected chi connectivity index (χ2v) is 10.9. The molecule has 0 radical (unpaired) electrons. The fourth-order valence-corrected chi connectivity index (χ4v) is 6.82. The molecular formula is C23H38FN5O3. The van der Waals surface area contributed by atoms with E-state index in [2.05, 4.69) is 23.1 Å². The van der Waals surface area contributed by atoms with E-state index in [1.807, 2.05) is 4.90 Å². The molecule has 0 aromatic carbocycles. The van der Waals surface area contributed by atoms with E-state index in [9.17, 15) is 19.1 Å². The third-order valence-corrected chi connectivity index (χ3v) is 9.19. The lowest BCUT2D eigenvalue weighted by Gasteiger charge is -2.38. The Labute approximate surface area is 189 Å².